The molecule has 1 unspecified atom stereocenters. The third-order valence-electron chi connectivity index (χ3n) is 3.16. The number of para-hydroxylation sites is 1. The number of hydrogen-bond donors (Lipinski definition) is 2. The molecule has 1 aromatic carbocycles. The van der Waals surface area contributed by atoms with Gasteiger partial charge in [0.05, 0.1) is 5.02 Å². The normalized spacial score (nSPS) is 12.0. The number of carbonyl (C=O) groups is 1. The van der Waals surface area contributed by atoms with Gasteiger partial charge >= 0.3 is 0 Å². The molecule has 1 atom stereocenters. The van der Waals surface area contributed by atoms with Crippen molar-refractivity contribution in [2.45, 2.75) is 45.8 Å². The van der Waals surface area contributed by atoms with Crippen LogP contribution < -0.4 is 15.4 Å². The average Bonchev–Trinajstić information content (AvgIpc) is 2.47. The van der Waals surface area contributed by atoms with Crippen LogP contribution in [0.2, 0.25) is 5.02 Å². The summed E-state index contributed by atoms with van der Waals surface area (Å²) < 4.78 is 5.76. The highest BCUT2D eigenvalue weighted by Gasteiger charge is 2.17. The van der Waals surface area contributed by atoms with Gasteiger partial charge in [-0.1, -0.05) is 43.5 Å². The number of amides is 1. The molecule has 0 aliphatic carbocycles. The summed E-state index contributed by atoms with van der Waals surface area (Å²) in [7, 11) is 1.86. The summed E-state index contributed by atoms with van der Waals surface area (Å²) in [5, 5.41) is 6.47. The Labute approximate surface area is 132 Å². The highest BCUT2D eigenvalue weighted by atomic mass is 35.5. The Kier molecular flexibility index (Phi) is 8.16. The van der Waals surface area contributed by atoms with Crippen molar-refractivity contribution in [3.63, 3.8) is 0 Å². The zero-order chi connectivity index (χ0) is 15.7. The number of benzene rings is 1. The number of hydrogen-bond acceptors (Lipinski definition) is 3. The molecule has 2 N–H and O–H groups in total. The van der Waals surface area contributed by atoms with Gasteiger partial charge in [-0.3, -0.25) is 4.79 Å². The highest BCUT2D eigenvalue weighted by molar-refractivity contribution is 6.32. The van der Waals surface area contributed by atoms with E-state index in [4.69, 9.17) is 16.3 Å². The molecule has 0 saturated carbocycles. The van der Waals surface area contributed by atoms with Gasteiger partial charge in [0.2, 0.25) is 0 Å². The van der Waals surface area contributed by atoms with Crippen LogP contribution >= 0.6 is 11.6 Å². The molecule has 1 rings (SSSR count). The van der Waals surface area contributed by atoms with Gasteiger partial charge in [-0.25, -0.2) is 0 Å². The number of halogens is 1. The van der Waals surface area contributed by atoms with Crippen LogP contribution in [0.25, 0.3) is 0 Å². The van der Waals surface area contributed by atoms with Crippen LogP contribution in [0.4, 0.5) is 0 Å². The lowest BCUT2D eigenvalue weighted by molar-refractivity contribution is -0.127. The minimum atomic E-state index is -0.567. The van der Waals surface area contributed by atoms with E-state index in [0.29, 0.717) is 23.9 Å². The molecule has 1 amide bonds. The summed E-state index contributed by atoms with van der Waals surface area (Å²) in [6.07, 6.45) is 2.68. The molecule has 0 bridgehead atoms. The van der Waals surface area contributed by atoms with E-state index in [2.05, 4.69) is 17.6 Å². The Morgan fingerprint density at radius 3 is 2.81 bits per heavy atom. The molecule has 0 saturated heterocycles. The third-order valence-corrected chi connectivity index (χ3v) is 3.46. The van der Waals surface area contributed by atoms with E-state index in [9.17, 15) is 4.79 Å². The van der Waals surface area contributed by atoms with Crippen molar-refractivity contribution in [1.82, 2.24) is 10.6 Å². The number of unbranched alkanes of at least 4 members (excludes halogenated alkanes) is 2. The van der Waals surface area contributed by atoms with Gasteiger partial charge in [-0.2, -0.15) is 0 Å². The standard InChI is InChI=1S/C16H25ClN2O2/c1-4-5-6-10-19-16(20)12(2)21-15-13(11-18-3)8-7-9-14(15)17/h7-9,12,18H,4-6,10-11H2,1-3H3,(H,19,20). The van der Waals surface area contributed by atoms with Gasteiger partial charge in [0.15, 0.2) is 6.10 Å². The van der Waals surface area contributed by atoms with E-state index < -0.39 is 6.10 Å². The van der Waals surface area contributed by atoms with Gasteiger partial charge in [-0.15, -0.1) is 0 Å². The summed E-state index contributed by atoms with van der Waals surface area (Å²) in [5.74, 6) is 0.464. The van der Waals surface area contributed by atoms with E-state index in [-0.39, 0.29) is 5.91 Å². The molecule has 4 nitrogen and oxygen atoms in total. The number of rotatable bonds is 9. The van der Waals surface area contributed by atoms with E-state index in [0.717, 1.165) is 24.8 Å². The molecule has 0 aromatic heterocycles. The molecule has 0 aliphatic rings. The van der Waals surface area contributed by atoms with Crippen LogP contribution in [0.15, 0.2) is 18.2 Å². The second-order valence-electron chi connectivity index (χ2n) is 5.02. The number of carbonyl (C=O) groups excluding carboxylic acids is 1. The van der Waals surface area contributed by atoms with Gasteiger partial charge < -0.3 is 15.4 Å². The lowest BCUT2D eigenvalue weighted by Gasteiger charge is -2.18. The lowest BCUT2D eigenvalue weighted by atomic mass is 10.2. The number of nitrogens with one attached hydrogen (secondary N) is 2. The van der Waals surface area contributed by atoms with Crippen LogP contribution in [0, 0.1) is 0 Å². The maximum Gasteiger partial charge on any atom is 0.260 e. The second-order valence-corrected chi connectivity index (χ2v) is 5.42. The first-order chi connectivity index (χ1) is 10.1. The third kappa shape index (κ3) is 5.94. The smallest absolute Gasteiger partial charge is 0.260 e. The Morgan fingerprint density at radius 1 is 1.38 bits per heavy atom. The zero-order valence-electron chi connectivity index (χ0n) is 13.0. The van der Waals surface area contributed by atoms with E-state index in [1.54, 1.807) is 13.0 Å². The first kappa shape index (κ1) is 17.8. The topological polar surface area (TPSA) is 50.4 Å². The quantitative estimate of drug-likeness (QED) is 0.689. The molecule has 118 valence electrons. The van der Waals surface area contributed by atoms with Crippen molar-refractivity contribution in [1.29, 1.82) is 0 Å². The summed E-state index contributed by atoms with van der Waals surface area (Å²) in [6.45, 7) is 5.20. The molecular weight excluding hydrogens is 288 g/mol. The van der Waals surface area contributed by atoms with Gasteiger partial charge in [-0.05, 0) is 26.5 Å². The molecule has 0 aliphatic heterocycles. The van der Waals surface area contributed by atoms with Crippen LogP contribution in [0.5, 0.6) is 5.75 Å². The predicted octanol–water partition coefficient (Wildman–Crippen LogP) is 3.13. The van der Waals surface area contributed by atoms with Gasteiger partial charge in [0.25, 0.3) is 5.91 Å². The largest absolute Gasteiger partial charge is 0.479 e. The summed E-state index contributed by atoms with van der Waals surface area (Å²) in [4.78, 5) is 12.0. The van der Waals surface area contributed by atoms with E-state index >= 15 is 0 Å². The molecule has 1 aromatic rings. The maximum atomic E-state index is 12.0. The zero-order valence-corrected chi connectivity index (χ0v) is 13.8. The first-order valence-corrected chi connectivity index (χ1v) is 7.84. The maximum absolute atomic E-state index is 12.0. The fourth-order valence-electron chi connectivity index (χ4n) is 1.98. The predicted molar refractivity (Wildman–Crippen MR) is 86.8 cm³/mol. The first-order valence-electron chi connectivity index (χ1n) is 7.46. The minimum absolute atomic E-state index is 0.110. The SMILES string of the molecule is CCCCCNC(=O)C(C)Oc1c(Cl)cccc1CNC. The van der Waals surface area contributed by atoms with Crippen molar-refractivity contribution >= 4 is 17.5 Å². The monoisotopic (exact) mass is 312 g/mol. The average molecular weight is 313 g/mol. The fourth-order valence-corrected chi connectivity index (χ4v) is 2.21. The Hall–Kier alpha value is -1.26. The summed E-state index contributed by atoms with van der Waals surface area (Å²) in [6, 6.07) is 5.57. The van der Waals surface area contributed by atoms with Crippen LogP contribution in [0.3, 0.4) is 0 Å². The molecule has 0 heterocycles. The summed E-state index contributed by atoms with van der Waals surface area (Å²) in [5.41, 5.74) is 0.940. The Morgan fingerprint density at radius 2 is 2.14 bits per heavy atom. The molecular formula is C16H25ClN2O2. The Balaban J connectivity index is 2.61. The summed E-state index contributed by atoms with van der Waals surface area (Å²) >= 11 is 6.18. The van der Waals surface area contributed by atoms with Crippen LogP contribution in [0.1, 0.15) is 38.7 Å². The molecule has 21 heavy (non-hydrogen) atoms. The molecule has 0 fully saturated rings. The second kappa shape index (κ2) is 9.64. The van der Waals surface area contributed by atoms with Crippen LogP contribution in [-0.2, 0) is 11.3 Å². The Bertz CT molecular complexity index is 452. The van der Waals surface area contributed by atoms with Crippen molar-refractivity contribution in [2.24, 2.45) is 0 Å². The van der Waals surface area contributed by atoms with Crippen molar-refractivity contribution in [3.05, 3.63) is 28.8 Å². The van der Waals surface area contributed by atoms with Crippen molar-refractivity contribution in [2.75, 3.05) is 13.6 Å². The highest BCUT2D eigenvalue weighted by Crippen LogP contribution is 2.29. The van der Waals surface area contributed by atoms with Crippen LogP contribution in [-0.4, -0.2) is 25.6 Å². The minimum Gasteiger partial charge on any atom is -0.479 e. The molecule has 5 heteroatoms. The van der Waals surface area contributed by atoms with E-state index in [1.807, 2.05) is 19.2 Å². The fraction of sp³-hybridized carbons (Fsp3) is 0.562. The molecule has 0 radical (unpaired) electrons. The van der Waals surface area contributed by atoms with Crippen molar-refractivity contribution < 1.29 is 9.53 Å². The van der Waals surface area contributed by atoms with Gasteiger partial charge in [0, 0.05) is 18.7 Å². The molecule has 0 spiro atoms. The van der Waals surface area contributed by atoms with E-state index in [1.165, 1.54) is 0 Å². The van der Waals surface area contributed by atoms with Crippen molar-refractivity contribution in [3.8, 4) is 5.75 Å². The lowest BCUT2D eigenvalue weighted by Crippen LogP contribution is -2.37. The number of ether oxygens (including phenoxy) is 1. The van der Waals surface area contributed by atoms with Gasteiger partial charge in [0.1, 0.15) is 5.75 Å².